The molecule has 0 aliphatic rings. The highest BCUT2D eigenvalue weighted by atomic mass is 16.5. The Kier molecular flexibility index (Phi) is 3.65. The molecule has 1 aromatic carbocycles. The van der Waals surface area contributed by atoms with Crippen molar-refractivity contribution in [3.63, 3.8) is 0 Å². The van der Waals surface area contributed by atoms with Crippen molar-refractivity contribution in [3.05, 3.63) is 40.8 Å². The van der Waals surface area contributed by atoms with Crippen molar-refractivity contribution < 1.29 is 14.4 Å². The number of aromatic carboxylic acids is 1. The second-order valence-electron chi connectivity index (χ2n) is 4.71. The molecule has 20 heavy (non-hydrogen) atoms. The minimum absolute atomic E-state index is 0.138. The first kappa shape index (κ1) is 13.9. The fourth-order valence-electron chi connectivity index (χ4n) is 2.28. The van der Waals surface area contributed by atoms with E-state index in [1.54, 1.807) is 12.1 Å². The van der Waals surface area contributed by atoms with Gasteiger partial charge in [0.15, 0.2) is 0 Å². The Labute approximate surface area is 116 Å². The average Bonchev–Trinajstić information content (AvgIpc) is 2.68. The smallest absolute Gasteiger partial charge is 0.337 e. The van der Waals surface area contributed by atoms with E-state index in [0.717, 1.165) is 11.3 Å². The van der Waals surface area contributed by atoms with E-state index in [2.05, 4.69) is 10.5 Å². The fraction of sp³-hybridized carbons (Fsp3) is 0.286. The Morgan fingerprint density at radius 2 is 2.15 bits per heavy atom. The normalized spacial score (nSPS) is 12.2. The second-order valence-corrected chi connectivity index (χ2v) is 4.71. The van der Waals surface area contributed by atoms with Gasteiger partial charge in [-0.1, -0.05) is 5.16 Å². The Morgan fingerprint density at radius 3 is 2.70 bits per heavy atom. The van der Waals surface area contributed by atoms with Crippen LogP contribution < -0.4 is 11.1 Å². The van der Waals surface area contributed by atoms with Crippen LogP contribution in [0.2, 0.25) is 0 Å². The molecule has 0 saturated heterocycles. The van der Waals surface area contributed by atoms with Crippen molar-refractivity contribution in [3.8, 4) is 0 Å². The lowest BCUT2D eigenvalue weighted by Gasteiger charge is -2.17. The van der Waals surface area contributed by atoms with E-state index in [-0.39, 0.29) is 11.6 Å². The maximum absolute atomic E-state index is 11.2. The number of carbonyl (C=O) groups is 1. The first-order valence-corrected chi connectivity index (χ1v) is 6.22. The minimum atomic E-state index is -1.00. The summed E-state index contributed by atoms with van der Waals surface area (Å²) < 4.78 is 5.12. The third-order valence-corrected chi connectivity index (χ3v) is 3.17. The highest BCUT2D eigenvalue weighted by Crippen LogP contribution is 2.28. The highest BCUT2D eigenvalue weighted by Gasteiger charge is 2.18. The largest absolute Gasteiger partial charge is 0.478 e. The lowest BCUT2D eigenvalue weighted by atomic mass is 10.1. The molecule has 6 nitrogen and oxygen atoms in total. The molecule has 1 aromatic heterocycles. The van der Waals surface area contributed by atoms with Crippen molar-refractivity contribution in [2.75, 3.05) is 11.1 Å². The number of anilines is 2. The molecule has 0 saturated carbocycles. The van der Waals surface area contributed by atoms with Crippen molar-refractivity contribution in [2.24, 2.45) is 0 Å². The van der Waals surface area contributed by atoms with Crippen LogP contribution in [-0.4, -0.2) is 16.2 Å². The van der Waals surface area contributed by atoms with Gasteiger partial charge in [-0.05, 0) is 39.0 Å². The van der Waals surface area contributed by atoms with Crippen LogP contribution in [0.25, 0.3) is 0 Å². The summed E-state index contributed by atoms with van der Waals surface area (Å²) in [6.07, 6.45) is 0. The number of aryl methyl sites for hydroxylation is 2. The summed E-state index contributed by atoms with van der Waals surface area (Å²) in [4.78, 5) is 11.2. The summed E-state index contributed by atoms with van der Waals surface area (Å²) in [6.45, 7) is 5.59. The number of benzene rings is 1. The lowest BCUT2D eigenvalue weighted by Crippen LogP contribution is -2.12. The minimum Gasteiger partial charge on any atom is -0.478 e. The van der Waals surface area contributed by atoms with Crippen LogP contribution in [0.1, 0.15) is 40.3 Å². The predicted octanol–water partition coefficient (Wildman–Crippen LogP) is 2.74. The van der Waals surface area contributed by atoms with Crippen LogP contribution in [0.5, 0.6) is 0 Å². The van der Waals surface area contributed by atoms with Gasteiger partial charge >= 0.3 is 5.97 Å². The first-order chi connectivity index (χ1) is 9.40. The number of carboxylic acid groups (broad SMARTS) is 1. The number of rotatable bonds is 4. The van der Waals surface area contributed by atoms with Gasteiger partial charge in [-0.15, -0.1) is 0 Å². The Hall–Kier alpha value is -2.50. The maximum atomic E-state index is 11.2. The van der Waals surface area contributed by atoms with Gasteiger partial charge in [0.25, 0.3) is 0 Å². The maximum Gasteiger partial charge on any atom is 0.337 e. The molecule has 1 unspecified atom stereocenters. The number of nitrogens with one attached hydrogen (secondary N) is 1. The number of carboxylic acids is 1. The predicted molar refractivity (Wildman–Crippen MR) is 75.8 cm³/mol. The van der Waals surface area contributed by atoms with Gasteiger partial charge in [-0.2, -0.15) is 0 Å². The SMILES string of the molecule is Cc1noc(C)c1C(C)Nc1cc(N)ccc1C(=O)O. The number of nitrogens with zero attached hydrogens (tertiary/aromatic N) is 1. The second kappa shape index (κ2) is 5.24. The Morgan fingerprint density at radius 1 is 1.45 bits per heavy atom. The molecule has 1 atom stereocenters. The number of nitrogens with two attached hydrogens (primary N) is 1. The number of hydrogen-bond acceptors (Lipinski definition) is 5. The van der Waals surface area contributed by atoms with E-state index in [0.29, 0.717) is 17.1 Å². The quantitative estimate of drug-likeness (QED) is 0.741. The molecule has 0 fully saturated rings. The molecular weight excluding hydrogens is 258 g/mol. The monoisotopic (exact) mass is 275 g/mol. The molecule has 2 aromatic rings. The molecule has 4 N–H and O–H groups in total. The summed E-state index contributed by atoms with van der Waals surface area (Å²) in [5.41, 5.74) is 8.58. The van der Waals surface area contributed by atoms with Crippen LogP contribution >= 0.6 is 0 Å². The third-order valence-electron chi connectivity index (χ3n) is 3.17. The molecule has 0 aliphatic heterocycles. The fourth-order valence-corrected chi connectivity index (χ4v) is 2.28. The van der Waals surface area contributed by atoms with Crippen LogP contribution in [-0.2, 0) is 0 Å². The molecule has 0 aliphatic carbocycles. The van der Waals surface area contributed by atoms with Gasteiger partial charge in [0.05, 0.1) is 23.0 Å². The van der Waals surface area contributed by atoms with Crippen molar-refractivity contribution in [1.82, 2.24) is 5.16 Å². The van der Waals surface area contributed by atoms with E-state index in [1.165, 1.54) is 6.07 Å². The highest BCUT2D eigenvalue weighted by molar-refractivity contribution is 5.95. The molecule has 0 radical (unpaired) electrons. The van der Waals surface area contributed by atoms with Gasteiger partial charge in [-0.3, -0.25) is 0 Å². The van der Waals surface area contributed by atoms with E-state index < -0.39 is 5.97 Å². The zero-order chi connectivity index (χ0) is 14.9. The van der Waals surface area contributed by atoms with Gasteiger partial charge in [0.2, 0.25) is 0 Å². The van der Waals surface area contributed by atoms with Crippen LogP contribution in [0, 0.1) is 13.8 Å². The summed E-state index contributed by atoms with van der Waals surface area (Å²) in [5.74, 6) is -0.290. The van der Waals surface area contributed by atoms with Gasteiger partial charge in [-0.25, -0.2) is 4.79 Å². The molecule has 0 bridgehead atoms. The topological polar surface area (TPSA) is 101 Å². The Balaban J connectivity index is 2.35. The summed E-state index contributed by atoms with van der Waals surface area (Å²) in [6, 6.07) is 4.52. The van der Waals surface area contributed by atoms with E-state index in [9.17, 15) is 9.90 Å². The summed E-state index contributed by atoms with van der Waals surface area (Å²) in [7, 11) is 0. The van der Waals surface area contributed by atoms with E-state index in [4.69, 9.17) is 10.3 Å². The molecule has 2 rings (SSSR count). The number of nitrogen functional groups attached to an aromatic ring is 1. The summed E-state index contributed by atoms with van der Waals surface area (Å²) in [5, 5.41) is 16.3. The van der Waals surface area contributed by atoms with E-state index in [1.807, 2.05) is 20.8 Å². The van der Waals surface area contributed by atoms with E-state index >= 15 is 0 Å². The molecule has 6 heteroatoms. The van der Waals surface area contributed by atoms with Crippen molar-refractivity contribution in [2.45, 2.75) is 26.8 Å². The van der Waals surface area contributed by atoms with Crippen molar-refractivity contribution in [1.29, 1.82) is 0 Å². The van der Waals surface area contributed by atoms with Gasteiger partial charge < -0.3 is 20.7 Å². The summed E-state index contributed by atoms with van der Waals surface area (Å²) >= 11 is 0. The van der Waals surface area contributed by atoms with Crippen LogP contribution in [0.3, 0.4) is 0 Å². The average molecular weight is 275 g/mol. The van der Waals surface area contributed by atoms with Crippen molar-refractivity contribution >= 4 is 17.3 Å². The van der Waals surface area contributed by atoms with Gasteiger partial charge in [0, 0.05) is 11.3 Å². The Bertz CT molecular complexity index is 630. The van der Waals surface area contributed by atoms with Crippen LogP contribution in [0.4, 0.5) is 11.4 Å². The zero-order valence-corrected chi connectivity index (χ0v) is 11.6. The number of hydrogen-bond donors (Lipinski definition) is 3. The number of aromatic nitrogens is 1. The van der Waals surface area contributed by atoms with Gasteiger partial charge in [0.1, 0.15) is 5.76 Å². The third kappa shape index (κ3) is 2.59. The van der Waals surface area contributed by atoms with Crippen LogP contribution in [0.15, 0.2) is 22.7 Å². The lowest BCUT2D eigenvalue weighted by molar-refractivity contribution is 0.0698. The molecular formula is C14H17N3O3. The molecule has 0 amide bonds. The molecule has 106 valence electrons. The zero-order valence-electron chi connectivity index (χ0n) is 11.6. The standard InChI is InChI=1S/C14H17N3O3/c1-7(13-8(2)17-20-9(13)3)16-12-6-10(15)4-5-11(12)14(18)19/h4-7,16H,15H2,1-3H3,(H,18,19). The molecule has 1 heterocycles. The first-order valence-electron chi connectivity index (χ1n) is 6.22. The molecule has 0 spiro atoms.